The zero-order valence-electron chi connectivity index (χ0n) is 14.7. The van der Waals surface area contributed by atoms with E-state index in [0.29, 0.717) is 13.2 Å². The summed E-state index contributed by atoms with van der Waals surface area (Å²) in [4.78, 5) is 0. The van der Waals surface area contributed by atoms with Crippen molar-refractivity contribution in [2.45, 2.75) is 31.5 Å². The molecule has 4 rings (SSSR count). The number of hydrogen-bond acceptors (Lipinski definition) is 4. The third-order valence-corrected chi connectivity index (χ3v) is 4.83. The smallest absolute Gasteiger partial charge is 0.119 e. The zero-order valence-corrected chi connectivity index (χ0v) is 14.7. The molecule has 2 aliphatic heterocycles. The molecule has 4 heteroatoms. The lowest BCUT2D eigenvalue weighted by atomic mass is 9.78. The lowest BCUT2D eigenvalue weighted by Crippen LogP contribution is -2.18. The second-order valence-electron chi connectivity index (χ2n) is 7.21. The van der Waals surface area contributed by atoms with E-state index in [1.54, 1.807) is 0 Å². The predicted octanol–water partition coefficient (Wildman–Crippen LogP) is 3.57. The first kappa shape index (κ1) is 16.4. The van der Waals surface area contributed by atoms with Gasteiger partial charge in [0.2, 0.25) is 0 Å². The maximum Gasteiger partial charge on any atom is 0.119 e. The van der Waals surface area contributed by atoms with Gasteiger partial charge in [-0.3, -0.25) is 0 Å². The number of ether oxygens (including phenoxy) is 4. The van der Waals surface area contributed by atoms with Gasteiger partial charge in [-0.25, -0.2) is 0 Å². The lowest BCUT2D eigenvalue weighted by Gasteiger charge is -2.26. The Morgan fingerprint density at radius 2 is 1.12 bits per heavy atom. The lowest BCUT2D eigenvalue weighted by molar-refractivity contribution is 0.263. The highest BCUT2D eigenvalue weighted by Crippen LogP contribution is 2.33. The zero-order chi connectivity index (χ0) is 17.3. The average molecular weight is 340 g/mol. The summed E-state index contributed by atoms with van der Waals surface area (Å²) in [7, 11) is 0. The fourth-order valence-electron chi connectivity index (χ4n) is 2.81. The first-order valence-corrected chi connectivity index (χ1v) is 8.81. The highest BCUT2D eigenvalue weighted by molar-refractivity contribution is 5.41. The Morgan fingerprint density at radius 1 is 0.760 bits per heavy atom. The molecule has 4 nitrogen and oxygen atoms in total. The van der Waals surface area contributed by atoms with Gasteiger partial charge in [0.05, 0.1) is 13.2 Å². The molecule has 0 aromatic heterocycles. The molecule has 0 unspecified atom stereocenters. The van der Waals surface area contributed by atoms with Crippen LogP contribution < -0.4 is 9.47 Å². The third kappa shape index (κ3) is 4.14. The summed E-state index contributed by atoms with van der Waals surface area (Å²) in [6, 6.07) is 16.7. The fourth-order valence-corrected chi connectivity index (χ4v) is 2.81. The second-order valence-corrected chi connectivity index (χ2v) is 7.21. The molecule has 2 heterocycles. The monoisotopic (exact) mass is 340 g/mol. The highest BCUT2D eigenvalue weighted by atomic mass is 16.6. The summed E-state index contributed by atoms with van der Waals surface area (Å²) in [5.41, 5.74) is 2.42. The molecule has 0 amide bonds. The Labute approximate surface area is 148 Å². The molecule has 2 aliphatic rings. The maximum atomic E-state index is 5.72. The Morgan fingerprint density at radius 3 is 1.44 bits per heavy atom. The number of epoxide rings is 2. The average Bonchev–Trinajstić information content (AvgIpc) is 3.54. The van der Waals surface area contributed by atoms with E-state index in [0.717, 1.165) is 24.7 Å². The number of hydrogen-bond donors (Lipinski definition) is 0. The van der Waals surface area contributed by atoms with Crippen molar-refractivity contribution in [3.63, 3.8) is 0 Å². The summed E-state index contributed by atoms with van der Waals surface area (Å²) in [6.45, 7) is 7.37. The standard InChI is InChI=1S/C21H24O4/c1-21(2,15-3-7-17(8-4-15)22-11-19-13-24-19)16-5-9-18(10-6-16)23-12-20-14-25-20/h3-10,19-20H,11-14H2,1-2H3/t19-,20+. The number of benzene rings is 2. The van der Waals surface area contributed by atoms with Gasteiger partial charge < -0.3 is 18.9 Å². The SMILES string of the molecule is CC(C)(c1ccc(OC[C@@H]2CO2)cc1)c1ccc(OC[C@H]2CO2)cc1. The molecule has 2 saturated heterocycles. The van der Waals surface area contributed by atoms with Crippen LogP contribution >= 0.6 is 0 Å². The van der Waals surface area contributed by atoms with Gasteiger partial charge in [0, 0.05) is 5.41 Å². The first-order chi connectivity index (χ1) is 12.1. The molecule has 0 saturated carbocycles. The Hall–Kier alpha value is -2.04. The van der Waals surface area contributed by atoms with Crippen LogP contribution in [0.25, 0.3) is 0 Å². The molecule has 132 valence electrons. The van der Waals surface area contributed by atoms with Crippen LogP contribution in [-0.4, -0.2) is 38.6 Å². The molecule has 2 fully saturated rings. The van der Waals surface area contributed by atoms with Crippen LogP contribution in [0.15, 0.2) is 48.5 Å². The Kier molecular flexibility index (Phi) is 4.40. The van der Waals surface area contributed by atoms with Gasteiger partial charge in [-0.2, -0.15) is 0 Å². The fraction of sp³-hybridized carbons (Fsp3) is 0.429. The molecule has 2 aromatic rings. The van der Waals surface area contributed by atoms with Crippen molar-refractivity contribution in [2.75, 3.05) is 26.4 Å². The van der Waals surface area contributed by atoms with Crippen molar-refractivity contribution in [3.8, 4) is 11.5 Å². The van der Waals surface area contributed by atoms with Crippen molar-refractivity contribution in [1.29, 1.82) is 0 Å². The van der Waals surface area contributed by atoms with E-state index in [4.69, 9.17) is 18.9 Å². The van der Waals surface area contributed by atoms with E-state index < -0.39 is 0 Å². The van der Waals surface area contributed by atoms with Crippen molar-refractivity contribution in [1.82, 2.24) is 0 Å². The normalized spacial score (nSPS) is 21.7. The molecule has 0 aliphatic carbocycles. The molecular weight excluding hydrogens is 316 g/mol. The maximum absolute atomic E-state index is 5.72. The number of rotatable bonds is 8. The Balaban J connectivity index is 1.41. The first-order valence-electron chi connectivity index (χ1n) is 8.81. The summed E-state index contributed by atoms with van der Waals surface area (Å²) < 4.78 is 21.8. The molecule has 0 N–H and O–H groups in total. The minimum Gasteiger partial charge on any atom is -0.491 e. The van der Waals surface area contributed by atoms with Crippen molar-refractivity contribution in [2.24, 2.45) is 0 Å². The van der Waals surface area contributed by atoms with Crippen LogP contribution in [0.1, 0.15) is 25.0 Å². The molecule has 25 heavy (non-hydrogen) atoms. The van der Waals surface area contributed by atoms with Gasteiger partial charge >= 0.3 is 0 Å². The molecule has 0 bridgehead atoms. The predicted molar refractivity (Wildman–Crippen MR) is 95.5 cm³/mol. The van der Waals surface area contributed by atoms with Gasteiger partial charge in [-0.05, 0) is 35.4 Å². The second kappa shape index (κ2) is 6.70. The summed E-state index contributed by atoms with van der Waals surface area (Å²) in [6.07, 6.45) is 0.562. The van der Waals surface area contributed by atoms with Crippen molar-refractivity contribution < 1.29 is 18.9 Å². The van der Waals surface area contributed by atoms with E-state index in [2.05, 4.69) is 38.1 Å². The van der Waals surface area contributed by atoms with Gasteiger partial charge in [-0.1, -0.05) is 38.1 Å². The van der Waals surface area contributed by atoms with Crippen LogP contribution in [0.5, 0.6) is 11.5 Å². The van der Waals surface area contributed by atoms with E-state index in [9.17, 15) is 0 Å². The Bertz CT molecular complexity index is 636. The third-order valence-electron chi connectivity index (χ3n) is 4.83. The van der Waals surface area contributed by atoms with Gasteiger partial charge in [0.25, 0.3) is 0 Å². The van der Waals surface area contributed by atoms with E-state index in [1.807, 2.05) is 24.3 Å². The summed E-state index contributed by atoms with van der Waals surface area (Å²) in [5.74, 6) is 1.78. The molecule has 2 aromatic carbocycles. The topological polar surface area (TPSA) is 43.5 Å². The minimum atomic E-state index is -0.0870. The largest absolute Gasteiger partial charge is 0.491 e. The molecule has 2 atom stereocenters. The van der Waals surface area contributed by atoms with Crippen molar-refractivity contribution >= 4 is 0 Å². The van der Waals surface area contributed by atoms with E-state index >= 15 is 0 Å². The van der Waals surface area contributed by atoms with Crippen LogP contribution in [0.2, 0.25) is 0 Å². The summed E-state index contributed by atoms with van der Waals surface area (Å²) in [5, 5.41) is 0. The molecule has 0 spiro atoms. The van der Waals surface area contributed by atoms with Gasteiger partial charge in [0.15, 0.2) is 0 Å². The van der Waals surface area contributed by atoms with Crippen LogP contribution in [0.3, 0.4) is 0 Å². The van der Waals surface area contributed by atoms with E-state index in [1.165, 1.54) is 11.1 Å². The summed E-state index contributed by atoms with van der Waals surface area (Å²) >= 11 is 0. The van der Waals surface area contributed by atoms with Crippen LogP contribution in [0.4, 0.5) is 0 Å². The molecular formula is C21H24O4. The van der Waals surface area contributed by atoms with Gasteiger partial charge in [-0.15, -0.1) is 0 Å². The van der Waals surface area contributed by atoms with Crippen LogP contribution in [0, 0.1) is 0 Å². The quantitative estimate of drug-likeness (QED) is 0.689. The van der Waals surface area contributed by atoms with Gasteiger partial charge in [0.1, 0.15) is 36.9 Å². The highest BCUT2D eigenvalue weighted by Gasteiger charge is 2.25. The van der Waals surface area contributed by atoms with Crippen molar-refractivity contribution in [3.05, 3.63) is 59.7 Å². The molecule has 0 radical (unpaired) electrons. The van der Waals surface area contributed by atoms with Crippen LogP contribution in [-0.2, 0) is 14.9 Å². The van der Waals surface area contributed by atoms with E-state index in [-0.39, 0.29) is 17.6 Å². The minimum absolute atomic E-state index is 0.0870.